The Hall–Kier alpha value is -1.68. The van der Waals surface area contributed by atoms with Gasteiger partial charge in [-0.2, -0.15) is 0 Å². The van der Waals surface area contributed by atoms with E-state index in [0.29, 0.717) is 19.4 Å². The summed E-state index contributed by atoms with van der Waals surface area (Å²) in [5, 5.41) is 3.39. The number of aryl methyl sites for hydroxylation is 1. The molecule has 1 atom stereocenters. The molecule has 1 unspecified atom stereocenters. The van der Waals surface area contributed by atoms with Gasteiger partial charge in [0.1, 0.15) is 0 Å². The molecule has 1 aliphatic rings. The van der Waals surface area contributed by atoms with Crippen molar-refractivity contribution in [2.45, 2.75) is 39.7 Å². The van der Waals surface area contributed by atoms with Gasteiger partial charge < -0.3 is 5.32 Å². The van der Waals surface area contributed by atoms with Gasteiger partial charge in [-0.05, 0) is 30.5 Å². The van der Waals surface area contributed by atoms with Gasteiger partial charge in [-0.1, -0.05) is 38.1 Å². The van der Waals surface area contributed by atoms with Crippen LogP contribution in [0, 0.1) is 12.8 Å². The molecule has 0 bridgehead atoms. The summed E-state index contributed by atoms with van der Waals surface area (Å²) in [6.45, 7) is 7.26. The largest absolute Gasteiger partial charge is 0.309 e. The molecule has 1 fully saturated rings. The van der Waals surface area contributed by atoms with Crippen molar-refractivity contribution in [2.24, 2.45) is 5.92 Å². The molecule has 1 aromatic rings. The van der Waals surface area contributed by atoms with E-state index in [2.05, 4.69) is 24.4 Å². The van der Waals surface area contributed by atoms with Gasteiger partial charge in [0.25, 0.3) is 0 Å². The molecule has 4 heteroatoms. The first kappa shape index (κ1) is 15.7. The van der Waals surface area contributed by atoms with E-state index in [4.69, 9.17) is 0 Å². The second kappa shape index (κ2) is 6.85. The topological polar surface area (TPSA) is 49.4 Å². The SMILES string of the molecule is CCNC(CN1C(=O)CC(C)CC1=O)c1ccccc1C. The van der Waals surface area contributed by atoms with Crippen molar-refractivity contribution in [1.82, 2.24) is 10.2 Å². The third-order valence-electron chi connectivity index (χ3n) is 4.03. The number of carbonyl (C=O) groups is 2. The summed E-state index contributed by atoms with van der Waals surface area (Å²) < 4.78 is 0. The van der Waals surface area contributed by atoms with Crippen molar-refractivity contribution in [2.75, 3.05) is 13.1 Å². The van der Waals surface area contributed by atoms with Crippen molar-refractivity contribution in [3.8, 4) is 0 Å². The minimum Gasteiger partial charge on any atom is -0.309 e. The average Bonchev–Trinajstić information content (AvgIpc) is 2.42. The lowest BCUT2D eigenvalue weighted by Crippen LogP contribution is -2.46. The zero-order valence-corrected chi connectivity index (χ0v) is 13.1. The van der Waals surface area contributed by atoms with Crippen molar-refractivity contribution in [1.29, 1.82) is 0 Å². The van der Waals surface area contributed by atoms with Gasteiger partial charge in [-0.3, -0.25) is 14.5 Å². The molecular formula is C17H24N2O2. The number of imide groups is 1. The monoisotopic (exact) mass is 288 g/mol. The van der Waals surface area contributed by atoms with Crippen molar-refractivity contribution >= 4 is 11.8 Å². The average molecular weight is 288 g/mol. The van der Waals surface area contributed by atoms with E-state index in [1.165, 1.54) is 10.5 Å². The first-order valence-electron chi connectivity index (χ1n) is 7.65. The van der Waals surface area contributed by atoms with E-state index in [0.717, 1.165) is 12.1 Å². The number of likely N-dealkylation sites (tertiary alicyclic amines) is 1. The Morgan fingerprint density at radius 3 is 2.43 bits per heavy atom. The van der Waals surface area contributed by atoms with Gasteiger partial charge in [0.2, 0.25) is 11.8 Å². The summed E-state index contributed by atoms with van der Waals surface area (Å²) in [5.41, 5.74) is 2.33. The Morgan fingerprint density at radius 1 is 1.24 bits per heavy atom. The fraction of sp³-hybridized carbons (Fsp3) is 0.529. The minimum absolute atomic E-state index is 0.00231. The highest BCUT2D eigenvalue weighted by Crippen LogP contribution is 2.23. The second-order valence-electron chi connectivity index (χ2n) is 5.88. The standard InChI is InChI=1S/C17H24N2O2/c1-4-18-15(14-8-6-5-7-13(14)3)11-19-16(20)9-12(2)10-17(19)21/h5-8,12,15,18H,4,9-11H2,1-3H3. The Balaban J connectivity index is 2.18. The smallest absolute Gasteiger partial charge is 0.229 e. The predicted molar refractivity (Wildman–Crippen MR) is 82.7 cm³/mol. The lowest BCUT2D eigenvalue weighted by molar-refractivity contribution is -0.150. The molecule has 2 amide bonds. The van der Waals surface area contributed by atoms with E-state index in [1.807, 2.05) is 26.0 Å². The molecule has 0 radical (unpaired) electrons. The van der Waals surface area contributed by atoms with E-state index >= 15 is 0 Å². The zero-order valence-electron chi connectivity index (χ0n) is 13.1. The summed E-state index contributed by atoms with van der Waals surface area (Å²) in [5.74, 6) is 0.0720. The van der Waals surface area contributed by atoms with Crippen LogP contribution in [0.3, 0.4) is 0 Å². The molecule has 114 valence electrons. The van der Waals surface area contributed by atoms with Crippen LogP contribution in [0.25, 0.3) is 0 Å². The Bertz CT molecular complexity index is 509. The quantitative estimate of drug-likeness (QED) is 0.847. The zero-order chi connectivity index (χ0) is 15.4. The highest BCUT2D eigenvalue weighted by molar-refractivity contribution is 5.97. The number of hydrogen-bond acceptors (Lipinski definition) is 3. The molecule has 0 aromatic heterocycles. The fourth-order valence-corrected chi connectivity index (χ4v) is 2.91. The normalized spacial score (nSPS) is 18.1. The van der Waals surface area contributed by atoms with Gasteiger partial charge in [0.15, 0.2) is 0 Å². The number of amides is 2. The molecule has 0 aliphatic carbocycles. The number of rotatable bonds is 5. The van der Waals surface area contributed by atoms with Crippen LogP contribution < -0.4 is 5.32 Å². The van der Waals surface area contributed by atoms with Gasteiger partial charge in [-0.15, -0.1) is 0 Å². The van der Waals surface area contributed by atoms with Crippen molar-refractivity contribution in [3.63, 3.8) is 0 Å². The van der Waals surface area contributed by atoms with E-state index < -0.39 is 0 Å². The number of nitrogens with one attached hydrogen (secondary N) is 1. The molecule has 0 spiro atoms. The minimum atomic E-state index is -0.0461. The van der Waals surface area contributed by atoms with Crippen molar-refractivity contribution < 1.29 is 9.59 Å². The Kier molecular flexibility index (Phi) is 5.12. The van der Waals surface area contributed by atoms with Crippen LogP contribution in [-0.2, 0) is 9.59 Å². The van der Waals surface area contributed by atoms with Gasteiger partial charge in [0.05, 0.1) is 6.04 Å². The maximum Gasteiger partial charge on any atom is 0.229 e. The van der Waals surface area contributed by atoms with Crippen molar-refractivity contribution in [3.05, 3.63) is 35.4 Å². The van der Waals surface area contributed by atoms with E-state index in [-0.39, 0.29) is 23.8 Å². The Labute approximate surface area is 126 Å². The van der Waals surface area contributed by atoms with E-state index in [1.54, 1.807) is 0 Å². The lowest BCUT2D eigenvalue weighted by atomic mass is 9.95. The first-order chi connectivity index (χ1) is 10.0. The molecule has 4 nitrogen and oxygen atoms in total. The third-order valence-corrected chi connectivity index (χ3v) is 4.03. The number of nitrogens with zero attached hydrogens (tertiary/aromatic N) is 1. The van der Waals surface area contributed by atoms with Crippen LogP contribution in [0.4, 0.5) is 0 Å². The van der Waals surface area contributed by atoms with Crippen LogP contribution in [0.15, 0.2) is 24.3 Å². The summed E-state index contributed by atoms with van der Waals surface area (Å²) in [6.07, 6.45) is 0.941. The Morgan fingerprint density at radius 2 is 1.86 bits per heavy atom. The highest BCUT2D eigenvalue weighted by atomic mass is 16.2. The molecule has 0 saturated carbocycles. The molecule has 1 N–H and O–H groups in total. The second-order valence-corrected chi connectivity index (χ2v) is 5.88. The number of hydrogen-bond donors (Lipinski definition) is 1. The van der Waals surface area contributed by atoms with Gasteiger partial charge in [0, 0.05) is 19.4 Å². The predicted octanol–water partition coefficient (Wildman–Crippen LogP) is 2.43. The summed E-state index contributed by atoms with van der Waals surface area (Å²) >= 11 is 0. The number of carbonyl (C=O) groups excluding carboxylic acids is 2. The van der Waals surface area contributed by atoms with Crippen LogP contribution in [0.1, 0.15) is 43.9 Å². The lowest BCUT2D eigenvalue weighted by Gasteiger charge is -2.32. The molecule has 1 aliphatic heterocycles. The maximum atomic E-state index is 12.1. The number of likely N-dealkylation sites (N-methyl/N-ethyl adjacent to an activating group) is 1. The number of benzene rings is 1. The molecule has 1 saturated heterocycles. The van der Waals surface area contributed by atoms with E-state index in [9.17, 15) is 9.59 Å². The molecule has 2 rings (SSSR count). The molecule has 1 aromatic carbocycles. The summed E-state index contributed by atoms with van der Waals surface area (Å²) in [4.78, 5) is 25.7. The van der Waals surface area contributed by atoms with Gasteiger partial charge >= 0.3 is 0 Å². The third kappa shape index (κ3) is 3.70. The first-order valence-corrected chi connectivity index (χ1v) is 7.65. The van der Waals surface area contributed by atoms with Gasteiger partial charge in [-0.25, -0.2) is 0 Å². The number of piperidine rings is 1. The van der Waals surface area contributed by atoms with Crippen LogP contribution in [0.5, 0.6) is 0 Å². The summed E-state index contributed by atoms with van der Waals surface area (Å²) in [6, 6.07) is 8.11. The highest BCUT2D eigenvalue weighted by Gasteiger charge is 2.32. The van der Waals surface area contributed by atoms with Crippen LogP contribution in [-0.4, -0.2) is 29.8 Å². The summed E-state index contributed by atoms with van der Waals surface area (Å²) in [7, 11) is 0. The van der Waals surface area contributed by atoms with Crippen LogP contribution >= 0.6 is 0 Å². The molecular weight excluding hydrogens is 264 g/mol. The molecule has 21 heavy (non-hydrogen) atoms. The molecule has 1 heterocycles. The fourth-order valence-electron chi connectivity index (χ4n) is 2.91. The van der Waals surface area contributed by atoms with Crippen LogP contribution in [0.2, 0.25) is 0 Å². The maximum absolute atomic E-state index is 12.1.